The van der Waals surface area contributed by atoms with Crippen molar-refractivity contribution in [2.45, 2.75) is 45.1 Å². The van der Waals surface area contributed by atoms with Gasteiger partial charge < -0.3 is 5.32 Å². The Morgan fingerprint density at radius 2 is 1.97 bits per heavy atom. The Morgan fingerprint density at radius 1 is 1.17 bits per heavy atom. The lowest BCUT2D eigenvalue weighted by molar-refractivity contribution is -0.124. The molecule has 0 radical (unpaired) electrons. The van der Waals surface area contributed by atoms with Gasteiger partial charge in [-0.1, -0.05) is 73.1 Å². The number of thioether (sulfide) groups is 1. The predicted octanol–water partition coefficient (Wildman–Crippen LogP) is 5.10. The number of hydrogen-bond donors (Lipinski definition) is 1. The lowest BCUT2D eigenvalue weighted by Crippen LogP contribution is -2.28. The Balaban J connectivity index is 1.93. The lowest BCUT2D eigenvalue weighted by Gasteiger charge is -2.14. The highest BCUT2D eigenvalue weighted by atomic mass is 35.5. The number of hydrogen-bond acceptors (Lipinski definition) is 4. The number of nitrogens with zero attached hydrogens (tertiary/aromatic N) is 3. The Morgan fingerprint density at radius 3 is 2.69 bits per heavy atom. The molecule has 0 saturated carbocycles. The molecule has 0 spiro atoms. The molecule has 0 fully saturated rings. The second-order valence-corrected chi connectivity index (χ2v) is 8.69. The van der Waals surface area contributed by atoms with Crippen molar-refractivity contribution >= 4 is 29.3 Å². The van der Waals surface area contributed by atoms with Crippen molar-refractivity contribution < 1.29 is 4.79 Å². The van der Waals surface area contributed by atoms with Gasteiger partial charge in [-0.3, -0.25) is 9.36 Å². The molecule has 0 unspecified atom stereocenters. The SMILES string of the molecule is Cc1cccc(CSc2nnc(CNC(=O)C(C)C)n2-c2cc(Cl)ccc2C)c1. The smallest absolute Gasteiger partial charge is 0.222 e. The summed E-state index contributed by atoms with van der Waals surface area (Å²) in [6.45, 7) is 8.15. The molecular formula is C22H25ClN4OS. The van der Waals surface area contributed by atoms with Gasteiger partial charge in [-0.05, 0) is 37.1 Å². The molecule has 0 aliphatic rings. The van der Waals surface area contributed by atoms with E-state index in [4.69, 9.17) is 11.6 Å². The summed E-state index contributed by atoms with van der Waals surface area (Å²) in [5, 5.41) is 13.1. The Bertz CT molecular complexity index is 1020. The van der Waals surface area contributed by atoms with Crippen molar-refractivity contribution in [3.63, 3.8) is 0 Å². The molecule has 1 aromatic heterocycles. The van der Waals surface area contributed by atoms with Gasteiger partial charge in [0, 0.05) is 16.7 Å². The van der Waals surface area contributed by atoms with Gasteiger partial charge in [0.05, 0.1) is 12.2 Å². The van der Waals surface area contributed by atoms with Crippen LogP contribution in [0.5, 0.6) is 0 Å². The minimum atomic E-state index is -0.0885. The highest BCUT2D eigenvalue weighted by Crippen LogP contribution is 2.28. The first-order valence-electron chi connectivity index (χ1n) is 9.52. The van der Waals surface area contributed by atoms with Gasteiger partial charge in [-0.25, -0.2) is 0 Å². The molecule has 2 aromatic carbocycles. The number of benzene rings is 2. The van der Waals surface area contributed by atoms with Crippen LogP contribution in [0.2, 0.25) is 5.02 Å². The second-order valence-electron chi connectivity index (χ2n) is 7.32. The Kier molecular flexibility index (Phi) is 6.98. The van der Waals surface area contributed by atoms with Crippen molar-refractivity contribution in [3.8, 4) is 5.69 Å². The molecular weight excluding hydrogens is 404 g/mol. The average Bonchev–Trinajstić information content (AvgIpc) is 3.09. The van der Waals surface area contributed by atoms with E-state index in [9.17, 15) is 4.79 Å². The lowest BCUT2D eigenvalue weighted by atomic mass is 10.2. The first-order chi connectivity index (χ1) is 13.8. The van der Waals surface area contributed by atoms with E-state index in [1.807, 2.05) is 43.5 Å². The molecule has 1 amide bonds. The molecule has 5 nitrogen and oxygen atoms in total. The number of halogens is 1. The minimum absolute atomic E-state index is 0.0173. The van der Waals surface area contributed by atoms with Crippen molar-refractivity contribution in [2.24, 2.45) is 5.92 Å². The minimum Gasteiger partial charge on any atom is -0.349 e. The van der Waals surface area contributed by atoms with Crippen LogP contribution in [-0.4, -0.2) is 20.7 Å². The number of carbonyl (C=O) groups is 1. The summed E-state index contributed by atoms with van der Waals surface area (Å²) in [7, 11) is 0. The highest BCUT2D eigenvalue weighted by molar-refractivity contribution is 7.98. The predicted molar refractivity (Wildman–Crippen MR) is 119 cm³/mol. The topological polar surface area (TPSA) is 59.8 Å². The molecule has 0 aliphatic heterocycles. The van der Waals surface area contributed by atoms with E-state index >= 15 is 0 Å². The number of aromatic nitrogens is 3. The largest absolute Gasteiger partial charge is 0.349 e. The Labute approximate surface area is 180 Å². The van der Waals surface area contributed by atoms with Gasteiger partial charge in [0.1, 0.15) is 0 Å². The second kappa shape index (κ2) is 9.46. The molecule has 1 heterocycles. The van der Waals surface area contributed by atoms with Gasteiger partial charge in [-0.2, -0.15) is 0 Å². The van der Waals surface area contributed by atoms with Crippen molar-refractivity contribution in [2.75, 3.05) is 0 Å². The van der Waals surface area contributed by atoms with Crippen molar-refractivity contribution in [1.82, 2.24) is 20.1 Å². The van der Waals surface area contributed by atoms with Crippen LogP contribution >= 0.6 is 23.4 Å². The third kappa shape index (κ3) is 5.40. The molecule has 0 aliphatic carbocycles. The van der Waals surface area contributed by atoms with Crippen LogP contribution in [0, 0.1) is 19.8 Å². The fraction of sp³-hybridized carbons (Fsp3) is 0.318. The third-order valence-corrected chi connectivity index (χ3v) is 5.74. The summed E-state index contributed by atoms with van der Waals surface area (Å²) in [5.74, 6) is 1.35. The van der Waals surface area contributed by atoms with Gasteiger partial charge >= 0.3 is 0 Å². The van der Waals surface area contributed by atoms with Crippen LogP contribution in [0.1, 0.15) is 36.4 Å². The zero-order chi connectivity index (χ0) is 21.0. The van der Waals surface area contributed by atoms with E-state index in [0.29, 0.717) is 17.4 Å². The highest BCUT2D eigenvalue weighted by Gasteiger charge is 2.18. The molecule has 0 atom stereocenters. The number of rotatable bonds is 7. The zero-order valence-corrected chi connectivity index (χ0v) is 18.6. The number of aryl methyl sites for hydroxylation is 2. The van der Waals surface area contributed by atoms with E-state index in [1.54, 1.807) is 11.8 Å². The first-order valence-corrected chi connectivity index (χ1v) is 10.9. The van der Waals surface area contributed by atoms with Crippen LogP contribution in [0.25, 0.3) is 5.69 Å². The molecule has 3 aromatic rings. The van der Waals surface area contributed by atoms with Crippen LogP contribution in [0.15, 0.2) is 47.6 Å². The fourth-order valence-electron chi connectivity index (χ4n) is 2.89. The quantitative estimate of drug-likeness (QED) is 0.531. The summed E-state index contributed by atoms with van der Waals surface area (Å²) >= 11 is 7.88. The molecule has 152 valence electrons. The fourth-order valence-corrected chi connectivity index (χ4v) is 3.97. The molecule has 1 N–H and O–H groups in total. The van der Waals surface area contributed by atoms with E-state index < -0.39 is 0 Å². The van der Waals surface area contributed by atoms with E-state index in [0.717, 1.165) is 22.2 Å². The molecule has 0 saturated heterocycles. The number of amides is 1. The standard InChI is InChI=1S/C22H25ClN4OS/c1-14(2)21(28)24-12-20-25-26-22(29-13-17-7-5-6-15(3)10-17)27(20)19-11-18(23)9-8-16(19)4/h5-11,14H,12-13H2,1-4H3,(H,24,28). The number of carbonyl (C=O) groups excluding carboxylic acids is 1. The average molecular weight is 429 g/mol. The van der Waals surface area contributed by atoms with Crippen molar-refractivity contribution in [3.05, 3.63) is 70.0 Å². The van der Waals surface area contributed by atoms with E-state index in [-0.39, 0.29) is 11.8 Å². The number of nitrogens with one attached hydrogen (secondary N) is 1. The first kappa shape index (κ1) is 21.4. The van der Waals surface area contributed by atoms with E-state index in [2.05, 4.69) is 46.7 Å². The van der Waals surface area contributed by atoms with Crippen LogP contribution in [0.3, 0.4) is 0 Å². The van der Waals surface area contributed by atoms with Gasteiger partial charge in [-0.15, -0.1) is 10.2 Å². The van der Waals surface area contributed by atoms with Crippen LogP contribution in [-0.2, 0) is 17.1 Å². The zero-order valence-electron chi connectivity index (χ0n) is 17.1. The Hall–Kier alpha value is -2.31. The summed E-state index contributed by atoms with van der Waals surface area (Å²) in [4.78, 5) is 12.0. The molecule has 29 heavy (non-hydrogen) atoms. The van der Waals surface area contributed by atoms with Gasteiger partial charge in [0.2, 0.25) is 5.91 Å². The third-order valence-electron chi connectivity index (χ3n) is 4.51. The molecule has 7 heteroatoms. The molecule has 3 rings (SSSR count). The van der Waals surface area contributed by atoms with Crippen LogP contribution < -0.4 is 5.32 Å². The van der Waals surface area contributed by atoms with Crippen LogP contribution in [0.4, 0.5) is 0 Å². The van der Waals surface area contributed by atoms with E-state index in [1.165, 1.54) is 11.1 Å². The maximum absolute atomic E-state index is 12.0. The van der Waals surface area contributed by atoms with Gasteiger partial charge in [0.25, 0.3) is 0 Å². The summed E-state index contributed by atoms with van der Waals surface area (Å²) < 4.78 is 1.99. The normalized spacial score (nSPS) is 11.1. The maximum Gasteiger partial charge on any atom is 0.222 e. The van der Waals surface area contributed by atoms with Gasteiger partial charge in [0.15, 0.2) is 11.0 Å². The molecule has 0 bridgehead atoms. The van der Waals surface area contributed by atoms with Crippen molar-refractivity contribution in [1.29, 1.82) is 0 Å². The summed E-state index contributed by atoms with van der Waals surface area (Å²) in [5.41, 5.74) is 4.43. The summed E-state index contributed by atoms with van der Waals surface area (Å²) in [6, 6.07) is 14.2. The maximum atomic E-state index is 12.0. The monoisotopic (exact) mass is 428 g/mol. The summed E-state index contributed by atoms with van der Waals surface area (Å²) in [6.07, 6.45) is 0.